The highest BCUT2D eigenvalue weighted by Gasteiger charge is 2.35. The fraction of sp³-hybridized carbons (Fsp3) is 0.200. The van der Waals surface area contributed by atoms with Gasteiger partial charge in [0.1, 0.15) is 12.4 Å². The molecule has 2 aromatic carbocycles. The Balaban J connectivity index is 1.55. The summed E-state index contributed by atoms with van der Waals surface area (Å²) in [4.78, 5) is 21.1. The number of thioether (sulfide) groups is 1. The number of carbonyl (C=O) groups excluding carboxylic acids is 1. The number of rotatable bonds is 4. The molecule has 1 fully saturated rings. The van der Waals surface area contributed by atoms with Gasteiger partial charge < -0.3 is 14.4 Å². The molecule has 0 bridgehead atoms. The molecule has 2 aromatic rings. The van der Waals surface area contributed by atoms with Crippen molar-refractivity contribution in [2.75, 3.05) is 31.7 Å². The standard InChI is InChI=1S/C20H19N3O3S/c1-25-17-9-8-15(11-18(17)26-2)22-12-23-19(24)16(21-20(23)27-13-22)10-14-6-4-3-5-7-14/h3-11H,12-13H2,1-2H3. The summed E-state index contributed by atoms with van der Waals surface area (Å²) in [5.41, 5.74) is 2.40. The quantitative estimate of drug-likeness (QED) is 0.760. The molecule has 2 aliphatic heterocycles. The van der Waals surface area contributed by atoms with Gasteiger partial charge in [0.25, 0.3) is 5.91 Å². The first kappa shape index (κ1) is 17.5. The minimum atomic E-state index is -0.0773. The minimum absolute atomic E-state index is 0.0773. The van der Waals surface area contributed by atoms with Gasteiger partial charge in [0, 0.05) is 11.8 Å². The summed E-state index contributed by atoms with van der Waals surface area (Å²) >= 11 is 1.55. The smallest absolute Gasteiger partial charge is 0.280 e. The number of aliphatic imine (C=N–C) groups is 1. The molecule has 4 rings (SSSR count). The molecule has 2 heterocycles. The maximum atomic E-state index is 12.8. The van der Waals surface area contributed by atoms with E-state index in [2.05, 4.69) is 9.89 Å². The van der Waals surface area contributed by atoms with Gasteiger partial charge in [-0.15, -0.1) is 0 Å². The minimum Gasteiger partial charge on any atom is -0.493 e. The number of fused-ring (bicyclic) bond motifs is 1. The molecule has 1 amide bonds. The Morgan fingerprint density at radius 2 is 1.85 bits per heavy atom. The third-order valence-electron chi connectivity index (χ3n) is 4.41. The topological polar surface area (TPSA) is 54.4 Å². The molecule has 0 saturated carbocycles. The van der Waals surface area contributed by atoms with E-state index >= 15 is 0 Å². The summed E-state index contributed by atoms with van der Waals surface area (Å²) in [6.45, 7) is 0.451. The van der Waals surface area contributed by atoms with Crippen LogP contribution in [0.1, 0.15) is 5.56 Å². The van der Waals surface area contributed by atoms with Crippen molar-refractivity contribution in [1.82, 2.24) is 4.90 Å². The summed E-state index contributed by atoms with van der Waals surface area (Å²) in [7, 11) is 3.22. The van der Waals surface area contributed by atoms with Crippen LogP contribution in [0.25, 0.3) is 6.08 Å². The molecule has 6 nitrogen and oxygen atoms in total. The van der Waals surface area contributed by atoms with E-state index in [4.69, 9.17) is 9.47 Å². The number of amidine groups is 1. The van der Waals surface area contributed by atoms with Crippen molar-refractivity contribution in [3.63, 3.8) is 0 Å². The number of ether oxygens (including phenoxy) is 2. The second-order valence-electron chi connectivity index (χ2n) is 6.06. The van der Waals surface area contributed by atoms with Gasteiger partial charge in [0.15, 0.2) is 16.7 Å². The number of anilines is 1. The lowest BCUT2D eigenvalue weighted by atomic mass is 10.2. The first-order chi connectivity index (χ1) is 13.2. The summed E-state index contributed by atoms with van der Waals surface area (Å²) in [5.74, 6) is 1.97. The molecule has 0 radical (unpaired) electrons. The van der Waals surface area contributed by atoms with Crippen LogP contribution in [0, 0.1) is 0 Å². The van der Waals surface area contributed by atoms with E-state index in [1.165, 1.54) is 0 Å². The molecule has 27 heavy (non-hydrogen) atoms. The van der Waals surface area contributed by atoms with Gasteiger partial charge in [-0.1, -0.05) is 42.1 Å². The van der Waals surface area contributed by atoms with Crippen LogP contribution < -0.4 is 14.4 Å². The Kier molecular flexibility index (Phi) is 4.77. The first-order valence-corrected chi connectivity index (χ1v) is 9.45. The number of nitrogens with zero attached hydrogens (tertiary/aromatic N) is 3. The second-order valence-corrected chi connectivity index (χ2v) is 6.97. The molecule has 0 aromatic heterocycles. The maximum absolute atomic E-state index is 12.8. The average molecular weight is 381 g/mol. The fourth-order valence-corrected chi connectivity index (χ4v) is 3.96. The highest BCUT2D eigenvalue weighted by atomic mass is 32.2. The van der Waals surface area contributed by atoms with E-state index in [9.17, 15) is 4.79 Å². The SMILES string of the molecule is COc1ccc(N2CSC3=NC(=Cc4ccccc4)C(=O)N3C2)cc1OC. The molecule has 2 aliphatic rings. The molecule has 1 saturated heterocycles. The van der Waals surface area contributed by atoms with E-state index in [0.717, 1.165) is 16.4 Å². The van der Waals surface area contributed by atoms with Crippen molar-refractivity contribution in [1.29, 1.82) is 0 Å². The third kappa shape index (κ3) is 3.38. The van der Waals surface area contributed by atoms with Crippen molar-refractivity contribution in [3.8, 4) is 11.5 Å². The maximum Gasteiger partial charge on any atom is 0.280 e. The summed E-state index contributed by atoms with van der Waals surface area (Å²) in [6, 6.07) is 15.5. The molecular weight excluding hydrogens is 362 g/mol. The zero-order valence-corrected chi connectivity index (χ0v) is 15.9. The average Bonchev–Trinajstić information content (AvgIpc) is 3.03. The van der Waals surface area contributed by atoms with Gasteiger partial charge in [-0.05, 0) is 23.8 Å². The number of amides is 1. The van der Waals surface area contributed by atoms with Crippen LogP contribution >= 0.6 is 11.8 Å². The molecule has 138 valence electrons. The van der Waals surface area contributed by atoms with Crippen LogP contribution in [0.4, 0.5) is 5.69 Å². The predicted molar refractivity (Wildman–Crippen MR) is 108 cm³/mol. The summed E-state index contributed by atoms with van der Waals surface area (Å²) < 4.78 is 10.7. The normalized spacial score (nSPS) is 17.8. The summed E-state index contributed by atoms with van der Waals surface area (Å²) in [6.07, 6.45) is 1.83. The summed E-state index contributed by atoms with van der Waals surface area (Å²) in [5, 5.41) is 0.749. The van der Waals surface area contributed by atoms with E-state index < -0.39 is 0 Å². The van der Waals surface area contributed by atoms with Crippen molar-refractivity contribution >= 4 is 34.6 Å². The van der Waals surface area contributed by atoms with E-state index in [1.807, 2.05) is 54.6 Å². The number of benzene rings is 2. The largest absolute Gasteiger partial charge is 0.493 e. The van der Waals surface area contributed by atoms with Crippen LogP contribution in [-0.2, 0) is 4.79 Å². The molecule has 0 aliphatic carbocycles. The Hall–Kier alpha value is -2.93. The molecule has 0 N–H and O–H groups in total. The van der Waals surface area contributed by atoms with Gasteiger partial charge in [-0.3, -0.25) is 9.69 Å². The Morgan fingerprint density at radius 1 is 1.07 bits per heavy atom. The second kappa shape index (κ2) is 7.36. The lowest BCUT2D eigenvalue weighted by molar-refractivity contribution is -0.122. The zero-order chi connectivity index (χ0) is 18.8. The van der Waals surface area contributed by atoms with E-state index in [-0.39, 0.29) is 5.91 Å². The van der Waals surface area contributed by atoms with E-state index in [1.54, 1.807) is 30.9 Å². The highest BCUT2D eigenvalue weighted by molar-refractivity contribution is 8.14. The number of hydrogen-bond acceptors (Lipinski definition) is 6. The monoisotopic (exact) mass is 381 g/mol. The third-order valence-corrected chi connectivity index (χ3v) is 5.42. The predicted octanol–water partition coefficient (Wildman–Crippen LogP) is 3.41. The van der Waals surface area contributed by atoms with Crippen LogP contribution in [0.15, 0.2) is 59.2 Å². The van der Waals surface area contributed by atoms with Gasteiger partial charge in [0.05, 0.1) is 20.1 Å². The van der Waals surface area contributed by atoms with Crippen LogP contribution in [0.2, 0.25) is 0 Å². The highest BCUT2D eigenvalue weighted by Crippen LogP contribution is 2.35. The van der Waals surface area contributed by atoms with Crippen molar-refractivity contribution in [3.05, 3.63) is 59.8 Å². The van der Waals surface area contributed by atoms with E-state index in [0.29, 0.717) is 29.7 Å². The van der Waals surface area contributed by atoms with Crippen LogP contribution in [0.5, 0.6) is 11.5 Å². The Labute approximate surface area is 162 Å². The molecule has 0 spiro atoms. The lowest BCUT2D eigenvalue weighted by Gasteiger charge is -2.34. The molecule has 0 atom stereocenters. The lowest BCUT2D eigenvalue weighted by Crippen LogP contribution is -2.46. The number of carbonyl (C=O) groups is 1. The van der Waals surface area contributed by atoms with Crippen LogP contribution in [0.3, 0.4) is 0 Å². The Bertz CT molecular complexity index is 927. The first-order valence-electron chi connectivity index (χ1n) is 8.46. The van der Waals surface area contributed by atoms with Gasteiger partial charge in [0.2, 0.25) is 0 Å². The van der Waals surface area contributed by atoms with Crippen molar-refractivity contribution in [2.24, 2.45) is 4.99 Å². The van der Waals surface area contributed by atoms with Gasteiger partial charge in [-0.2, -0.15) is 0 Å². The van der Waals surface area contributed by atoms with Gasteiger partial charge in [-0.25, -0.2) is 4.99 Å². The van der Waals surface area contributed by atoms with Crippen LogP contribution in [-0.4, -0.2) is 42.7 Å². The molecule has 7 heteroatoms. The Morgan fingerprint density at radius 3 is 2.59 bits per heavy atom. The van der Waals surface area contributed by atoms with Crippen molar-refractivity contribution in [2.45, 2.75) is 0 Å². The fourth-order valence-electron chi connectivity index (χ4n) is 3.00. The number of methoxy groups -OCH3 is 2. The zero-order valence-electron chi connectivity index (χ0n) is 15.1. The van der Waals surface area contributed by atoms with Gasteiger partial charge >= 0.3 is 0 Å². The molecule has 0 unspecified atom stereocenters. The molecular formula is C20H19N3O3S. The van der Waals surface area contributed by atoms with Crippen molar-refractivity contribution < 1.29 is 14.3 Å². The number of hydrogen-bond donors (Lipinski definition) is 0.